The van der Waals surface area contributed by atoms with E-state index in [0.29, 0.717) is 11.3 Å². The van der Waals surface area contributed by atoms with Crippen LogP contribution in [0.25, 0.3) is 6.08 Å². The average molecular weight is 431 g/mol. The second-order valence-electron chi connectivity index (χ2n) is 5.95. The molecule has 4 amide bonds. The fourth-order valence-electron chi connectivity index (χ4n) is 2.57. The smallest absolute Gasteiger partial charge is 0.343 e. The number of amides is 4. The lowest BCUT2D eigenvalue weighted by atomic mass is 10.1. The average Bonchev–Trinajstić information content (AvgIpc) is 2.72. The Balaban J connectivity index is 1.89. The Kier molecular flexibility index (Phi) is 6.03. The molecule has 0 unspecified atom stereocenters. The zero-order chi connectivity index (χ0) is 21.8. The Morgan fingerprint density at radius 2 is 1.60 bits per heavy atom. The Labute approximate surface area is 175 Å². The maximum absolute atomic E-state index is 12.4. The molecule has 0 atom stereocenters. The molecule has 154 valence electrons. The van der Waals surface area contributed by atoms with Crippen molar-refractivity contribution in [1.29, 1.82) is 0 Å². The third-order valence-corrected chi connectivity index (χ3v) is 4.31. The van der Waals surface area contributed by atoms with Gasteiger partial charge in [0.05, 0.1) is 24.8 Å². The molecule has 0 aliphatic carbocycles. The zero-order valence-electron chi connectivity index (χ0n) is 15.8. The lowest BCUT2D eigenvalue weighted by molar-refractivity contribution is -0.123. The van der Waals surface area contributed by atoms with Gasteiger partial charge in [-0.1, -0.05) is 11.6 Å². The first kappa shape index (κ1) is 20.9. The van der Waals surface area contributed by atoms with E-state index in [0.717, 1.165) is 0 Å². The number of hydrogen-bond acceptors (Lipinski definition) is 7. The molecule has 2 N–H and O–H groups in total. The molecule has 1 aliphatic heterocycles. The maximum atomic E-state index is 12.4. The number of barbiturate groups is 1. The summed E-state index contributed by atoms with van der Waals surface area (Å²) < 4.78 is 15.6. The summed E-state index contributed by atoms with van der Waals surface area (Å²) in [5.74, 6) is -1.73. The van der Waals surface area contributed by atoms with E-state index >= 15 is 0 Å². The van der Waals surface area contributed by atoms with E-state index in [-0.39, 0.29) is 27.7 Å². The van der Waals surface area contributed by atoms with Crippen LogP contribution in [0.15, 0.2) is 42.0 Å². The van der Waals surface area contributed by atoms with E-state index in [4.69, 9.17) is 25.8 Å². The Morgan fingerprint density at radius 3 is 2.17 bits per heavy atom. The van der Waals surface area contributed by atoms with Gasteiger partial charge in [-0.15, -0.1) is 0 Å². The number of carbonyl (C=O) groups is 4. The number of ether oxygens (including phenoxy) is 3. The van der Waals surface area contributed by atoms with Crippen molar-refractivity contribution in [3.8, 4) is 17.2 Å². The highest BCUT2D eigenvalue weighted by Gasteiger charge is 2.28. The minimum absolute atomic E-state index is 0.00997. The highest BCUT2D eigenvalue weighted by Crippen LogP contribution is 2.37. The number of rotatable bonds is 5. The number of urea groups is 1. The van der Waals surface area contributed by atoms with Crippen LogP contribution in [0.5, 0.6) is 17.2 Å². The molecule has 1 fully saturated rings. The number of imide groups is 2. The standard InChI is InChI=1S/C20H15ClN2O7/c1-28-12-5-3-11(4-6-12)19(26)30-16-14(21)8-10(9-15(16)29-2)7-13-17(24)22-20(27)23-18(13)25/h3-9H,1-2H3,(H2,22,23,24,25,27). The monoisotopic (exact) mass is 430 g/mol. The number of benzene rings is 2. The van der Waals surface area contributed by atoms with E-state index in [1.165, 1.54) is 44.6 Å². The van der Waals surface area contributed by atoms with Gasteiger partial charge in [0.2, 0.25) is 0 Å². The molecule has 1 saturated heterocycles. The van der Waals surface area contributed by atoms with Crippen LogP contribution in [0, 0.1) is 0 Å². The topological polar surface area (TPSA) is 120 Å². The highest BCUT2D eigenvalue weighted by molar-refractivity contribution is 6.33. The number of esters is 1. The minimum Gasteiger partial charge on any atom is -0.497 e. The van der Waals surface area contributed by atoms with E-state index < -0.39 is 23.8 Å². The number of hydrogen-bond donors (Lipinski definition) is 2. The van der Waals surface area contributed by atoms with Crippen molar-refractivity contribution in [2.75, 3.05) is 14.2 Å². The van der Waals surface area contributed by atoms with Crippen molar-refractivity contribution < 1.29 is 33.4 Å². The van der Waals surface area contributed by atoms with Crippen LogP contribution in [-0.4, -0.2) is 38.0 Å². The summed E-state index contributed by atoms with van der Waals surface area (Å²) >= 11 is 6.24. The highest BCUT2D eigenvalue weighted by atomic mass is 35.5. The third kappa shape index (κ3) is 4.41. The Hall–Kier alpha value is -3.85. The first-order valence-electron chi connectivity index (χ1n) is 8.44. The minimum atomic E-state index is -0.904. The largest absolute Gasteiger partial charge is 0.497 e. The van der Waals surface area contributed by atoms with Gasteiger partial charge in [0.25, 0.3) is 11.8 Å². The number of nitrogens with one attached hydrogen (secondary N) is 2. The van der Waals surface area contributed by atoms with Crippen LogP contribution in [0.4, 0.5) is 4.79 Å². The summed E-state index contributed by atoms with van der Waals surface area (Å²) in [7, 11) is 2.85. The molecular weight excluding hydrogens is 416 g/mol. The van der Waals surface area contributed by atoms with Crippen LogP contribution in [0.3, 0.4) is 0 Å². The van der Waals surface area contributed by atoms with Crippen molar-refractivity contribution in [2.24, 2.45) is 0 Å². The molecule has 2 aromatic carbocycles. The number of halogens is 1. The quantitative estimate of drug-likeness (QED) is 0.323. The van der Waals surface area contributed by atoms with Gasteiger partial charge in [0, 0.05) is 0 Å². The van der Waals surface area contributed by atoms with E-state index in [1.807, 2.05) is 10.6 Å². The van der Waals surface area contributed by atoms with Crippen LogP contribution < -0.4 is 24.8 Å². The van der Waals surface area contributed by atoms with Crippen molar-refractivity contribution >= 4 is 41.5 Å². The summed E-state index contributed by atoms with van der Waals surface area (Å²) in [6, 6.07) is 8.17. The van der Waals surface area contributed by atoms with Crippen molar-refractivity contribution in [3.05, 3.63) is 58.1 Å². The van der Waals surface area contributed by atoms with Gasteiger partial charge in [-0.25, -0.2) is 9.59 Å². The molecule has 0 bridgehead atoms. The predicted molar refractivity (Wildman–Crippen MR) is 106 cm³/mol. The van der Waals surface area contributed by atoms with Gasteiger partial charge in [0.15, 0.2) is 11.5 Å². The van der Waals surface area contributed by atoms with E-state index in [2.05, 4.69) is 0 Å². The molecule has 2 aromatic rings. The summed E-state index contributed by atoms with van der Waals surface area (Å²) in [4.78, 5) is 47.3. The zero-order valence-corrected chi connectivity index (χ0v) is 16.5. The van der Waals surface area contributed by atoms with E-state index in [9.17, 15) is 19.2 Å². The van der Waals surface area contributed by atoms with Crippen molar-refractivity contribution in [1.82, 2.24) is 10.6 Å². The van der Waals surface area contributed by atoms with Crippen LogP contribution in [0.2, 0.25) is 5.02 Å². The van der Waals surface area contributed by atoms with Gasteiger partial charge in [-0.3, -0.25) is 20.2 Å². The van der Waals surface area contributed by atoms with Gasteiger partial charge in [0.1, 0.15) is 11.3 Å². The molecule has 3 rings (SSSR count). The van der Waals surface area contributed by atoms with Gasteiger partial charge < -0.3 is 14.2 Å². The normalized spacial score (nSPS) is 13.3. The first-order chi connectivity index (χ1) is 14.3. The molecule has 30 heavy (non-hydrogen) atoms. The van der Waals surface area contributed by atoms with Gasteiger partial charge in [-0.05, 0) is 48.0 Å². The second-order valence-corrected chi connectivity index (χ2v) is 6.35. The molecule has 1 heterocycles. The lowest BCUT2D eigenvalue weighted by Crippen LogP contribution is -2.51. The SMILES string of the molecule is COc1ccc(C(=O)Oc2c(Cl)cc(C=C3C(=O)NC(=O)NC3=O)cc2OC)cc1. The Morgan fingerprint density at radius 1 is 0.967 bits per heavy atom. The van der Waals surface area contributed by atoms with Crippen LogP contribution in [0.1, 0.15) is 15.9 Å². The molecule has 0 spiro atoms. The third-order valence-electron chi connectivity index (χ3n) is 4.03. The van der Waals surface area contributed by atoms with Crippen molar-refractivity contribution in [2.45, 2.75) is 0 Å². The summed E-state index contributed by atoms with van der Waals surface area (Å²) in [5, 5.41) is 3.94. The second kappa shape index (κ2) is 8.66. The molecule has 10 heteroatoms. The molecular formula is C20H15ClN2O7. The summed E-state index contributed by atoms with van der Waals surface area (Å²) in [6.07, 6.45) is 1.22. The Bertz CT molecular complexity index is 1060. The van der Waals surface area contributed by atoms with Gasteiger partial charge >= 0.3 is 12.0 Å². The fraction of sp³-hybridized carbons (Fsp3) is 0.100. The number of methoxy groups -OCH3 is 2. The lowest BCUT2D eigenvalue weighted by Gasteiger charge is -2.15. The predicted octanol–water partition coefficient (Wildman–Crippen LogP) is 2.33. The molecule has 0 aromatic heterocycles. The van der Waals surface area contributed by atoms with E-state index in [1.54, 1.807) is 12.1 Å². The number of carbonyl (C=O) groups excluding carboxylic acids is 4. The maximum Gasteiger partial charge on any atom is 0.343 e. The summed E-state index contributed by atoms with van der Waals surface area (Å²) in [5.41, 5.74) is 0.284. The molecule has 9 nitrogen and oxygen atoms in total. The molecule has 1 aliphatic rings. The fourth-order valence-corrected chi connectivity index (χ4v) is 2.83. The summed E-state index contributed by atoms with van der Waals surface area (Å²) in [6.45, 7) is 0. The molecule has 0 saturated carbocycles. The van der Waals surface area contributed by atoms with Crippen LogP contribution >= 0.6 is 11.6 Å². The first-order valence-corrected chi connectivity index (χ1v) is 8.82. The van der Waals surface area contributed by atoms with Gasteiger partial charge in [-0.2, -0.15) is 0 Å². The van der Waals surface area contributed by atoms with Crippen LogP contribution in [-0.2, 0) is 9.59 Å². The van der Waals surface area contributed by atoms with Crippen molar-refractivity contribution in [3.63, 3.8) is 0 Å². The molecule has 0 radical (unpaired) electrons.